The van der Waals surface area contributed by atoms with Gasteiger partial charge in [0, 0.05) is 13.5 Å². The van der Waals surface area contributed by atoms with Crippen LogP contribution in [0.1, 0.15) is 30.0 Å². The Balaban J connectivity index is 1.48. The molecule has 1 heterocycles. The fourth-order valence-electron chi connectivity index (χ4n) is 3.66. The summed E-state index contributed by atoms with van der Waals surface area (Å²) in [5.41, 5.74) is 2.90. The lowest BCUT2D eigenvalue weighted by Crippen LogP contribution is -2.32. The Morgan fingerprint density at radius 2 is 1.96 bits per heavy atom. The van der Waals surface area contributed by atoms with Crippen LogP contribution in [0, 0.1) is 0 Å². The molecule has 1 aliphatic carbocycles. The predicted molar refractivity (Wildman–Crippen MR) is 98.7 cm³/mol. The molecule has 1 atom stereocenters. The van der Waals surface area contributed by atoms with Crippen molar-refractivity contribution in [1.82, 2.24) is 19.9 Å². The second-order valence-electron chi connectivity index (χ2n) is 6.64. The van der Waals surface area contributed by atoms with Gasteiger partial charge in [0.1, 0.15) is 5.52 Å². The van der Waals surface area contributed by atoms with Crippen molar-refractivity contribution in [2.24, 2.45) is 0 Å². The van der Waals surface area contributed by atoms with Crippen molar-refractivity contribution in [2.45, 2.75) is 31.8 Å². The van der Waals surface area contributed by atoms with Gasteiger partial charge in [-0.1, -0.05) is 41.6 Å². The zero-order chi connectivity index (χ0) is 18.1. The van der Waals surface area contributed by atoms with Crippen LogP contribution in [0.5, 0.6) is 0 Å². The lowest BCUT2D eigenvalue weighted by atomic mass is 10.1. The molecule has 0 bridgehead atoms. The Morgan fingerprint density at radius 3 is 2.85 bits per heavy atom. The highest BCUT2D eigenvalue weighted by molar-refractivity contribution is 5.77. The molecule has 1 aromatic heterocycles. The minimum absolute atomic E-state index is 0.00793. The van der Waals surface area contributed by atoms with E-state index in [-0.39, 0.29) is 30.5 Å². The molecule has 6 nitrogen and oxygen atoms in total. The third-order valence-corrected chi connectivity index (χ3v) is 5.13. The summed E-state index contributed by atoms with van der Waals surface area (Å²) in [5.74, 6) is 0.00793. The Bertz CT molecular complexity index is 1030. The van der Waals surface area contributed by atoms with E-state index in [4.69, 9.17) is 0 Å². The smallest absolute Gasteiger partial charge is 0.277 e. The first kappa shape index (κ1) is 16.4. The van der Waals surface area contributed by atoms with Gasteiger partial charge in [-0.15, -0.1) is 5.10 Å². The summed E-state index contributed by atoms with van der Waals surface area (Å²) in [5, 5.41) is 8.54. The first-order valence-electron chi connectivity index (χ1n) is 8.81. The maximum absolute atomic E-state index is 12.7. The average molecular weight is 348 g/mol. The third kappa shape index (κ3) is 2.87. The highest BCUT2D eigenvalue weighted by Gasteiger charge is 2.28. The first-order valence-corrected chi connectivity index (χ1v) is 8.81. The molecule has 6 heteroatoms. The number of nitrogens with zero attached hydrogens (tertiary/aromatic N) is 4. The van der Waals surface area contributed by atoms with Crippen molar-refractivity contribution in [3.05, 3.63) is 70.0 Å². The summed E-state index contributed by atoms with van der Waals surface area (Å²) in [6.07, 6.45) is 2.16. The number of aryl methyl sites for hydroxylation is 2. The molecule has 4 rings (SSSR count). The Labute approximate surface area is 151 Å². The SMILES string of the molecule is CN(C(=O)CCn1nnc2ccccc2c1=O)C1CCc2ccccc21. The molecule has 0 N–H and O–H groups in total. The maximum Gasteiger partial charge on any atom is 0.277 e. The van der Waals surface area contributed by atoms with Crippen LogP contribution in [0.25, 0.3) is 10.9 Å². The molecule has 2 aromatic carbocycles. The number of hydrogen-bond acceptors (Lipinski definition) is 4. The van der Waals surface area contributed by atoms with Gasteiger partial charge < -0.3 is 4.90 Å². The van der Waals surface area contributed by atoms with E-state index in [0.717, 1.165) is 12.8 Å². The van der Waals surface area contributed by atoms with Gasteiger partial charge in [-0.3, -0.25) is 9.59 Å². The molecule has 3 aromatic rings. The fraction of sp³-hybridized carbons (Fsp3) is 0.300. The quantitative estimate of drug-likeness (QED) is 0.726. The van der Waals surface area contributed by atoms with Crippen molar-refractivity contribution < 1.29 is 4.79 Å². The van der Waals surface area contributed by atoms with Crippen molar-refractivity contribution in [2.75, 3.05) is 7.05 Å². The molecule has 0 spiro atoms. The topological polar surface area (TPSA) is 68.1 Å². The summed E-state index contributed by atoms with van der Waals surface area (Å²) < 4.78 is 1.27. The largest absolute Gasteiger partial charge is 0.339 e. The molecule has 0 aliphatic heterocycles. The Kier molecular flexibility index (Phi) is 4.24. The van der Waals surface area contributed by atoms with E-state index in [1.165, 1.54) is 15.8 Å². The molecule has 1 unspecified atom stereocenters. The molecule has 0 radical (unpaired) electrons. The zero-order valence-corrected chi connectivity index (χ0v) is 14.6. The number of hydrogen-bond donors (Lipinski definition) is 0. The lowest BCUT2D eigenvalue weighted by molar-refractivity contribution is -0.132. The summed E-state index contributed by atoms with van der Waals surface area (Å²) in [6, 6.07) is 15.5. The van der Waals surface area contributed by atoms with Crippen LogP contribution < -0.4 is 5.56 Å². The third-order valence-electron chi connectivity index (χ3n) is 5.13. The number of carbonyl (C=O) groups excluding carboxylic acids is 1. The minimum atomic E-state index is -0.211. The fourth-order valence-corrected chi connectivity index (χ4v) is 3.66. The van der Waals surface area contributed by atoms with Gasteiger partial charge in [0.05, 0.1) is 18.0 Å². The molecule has 1 amide bonds. The molecule has 26 heavy (non-hydrogen) atoms. The van der Waals surface area contributed by atoms with Crippen LogP contribution in [0.15, 0.2) is 53.3 Å². The van der Waals surface area contributed by atoms with Crippen LogP contribution in [0.3, 0.4) is 0 Å². The van der Waals surface area contributed by atoms with E-state index >= 15 is 0 Å². The van der Waals surface area contributed by atoms with Crippen molar-refractivity contribution >= 4 is 16.8 Å². The number of fused-ring (bicyclic) bond motifs is 2. The standard InChI is InChI=1S/C20H20N4O2/c1-23(18-11-10-14-6-2-3-7-15(14)18)19(25)12-13-24-20(26)16-8-4-5-9-17(16)21-22-24/h2-9,18H,10-13H2,1H3. The highest BCUT2D eigenvalue weighted by atomic mass is 16.2. The first-order chi connectivity index (χ1) is 12.6. The monoisotopic (exact) mass is 348 g/mol. The number of benzene rings is 2. The van der Waals surface area contributed by atoms with Crippen LogP contribution in [0.2, 0.25) is 0 Å². The molecular formula is C20H20N4O2. The van der Waals surface area contributed by atoms with Gasteiger partial charge in [0.25, 0.3) is 5.56 Å². The second kappa shape index (κ2) is 6.71. The summed E-state index contributed by atoms with van der Waals surface area (Å²) in [4.78, 5) is 26.9. The van der Waals surface area contributed by atoms with Gasteiger partial charge in [0.2, 0.25) is 5.91 Å². The van der Waals surface area contributed by atoms with Crippen molar-refractivity contribution in [3.8, 4) is 0 Å². The van der Waals surface area contributed by atoms with Crippen LogP contribution in [-0.4, -0.2) is 32.8 Å². The molecule has 1 aliphatic rings. The summed E-state index contributed by atoms with van der Waals surface area (Å²) >= 11 is 0. The predicted octanol–water partition coefficient (Wildman–Crippen LogP) is 2.33. The van der Waals surface area contributed by atoms with Crippen molar-refractivity contribution in [3.63, 3.8) is 0 Å². The number of amides is 1. The molecule has 0 fully saturated rings. The van der Waals surface area contributed by atoms with Gasteiger partial charge >= 0.3 is 0 Å². The lowest BCUT2D eigenvalue weighted by Gasteiger charge is -2.25. The van der Waals surface area contributed by atoms with E-state index in [2.05, 4.69) is 22.4 Å². The average Bonchev–Trinajstić information content (AvgIpc) is 3.11. The number of rotatable bonds is 4. The number of aromatic nitrogens is 3. The van der Waals surface area contributed by atoms with Gasteiger partial charge in [0.15, 0.2) is 0 Å². The van der Waals surface area contributed by atoms with E-state index in [9.17, 15) is 9.59 Å². The van der Waals surface area contributed by atoms with E-state index in [1.807, 2.05) is 25.2 Å². The van der Waals surface area contributed by atoms with Gasteiger partial charge in [-0.25, -0.2) is 4.68 Å². The van der Waals surface area contributed by atoms with Crippen LogP contribution in [-0.2, 0) is 17.8 Å². The minimum Gasteiger partial charge on any atom is -0.339 e. The van der Waals surface area contributed by atoms with E-state index in [0.29, 0.717) is 10.9 Å². The molecule has 132 valence electrons. The summed E-state index contributed by atoms with van der Waals surface area (Å²) in [6.45, 7) is 0.230. The highest BCUT2D eigenvalue weighted by Crippen LogP contribution is 2.34. The van der Waals surface area contributed by atoms with Crippen LogP contribution in [0.4, 0.5) is 0 Å². The van der Waals surface area contributed by atoms with E-state index < -0.39 is 0 Å². The van der Waals surface area contributed by atoms with Crippen molar-refractivity contribution in [1.29, 1.82) is 0 Å². The molecular weight excluding hydrogens is 328 g/mol. The van der Waals surface area contributed by atoms with Gasteiger partial charge in [-0.05, 0) is 36.1 Å². The van der Waals surface area contributed by atoms with E-state index in [1.54, 1.807) is 23.1 Å². The second-order valence-corrected chi connectivity index (χ2v) is 6.64. The normalized spacial score (nSPS) is 15.8. The van der Waals surface area contributed by atoms with Crippen LogP contribution >= 0.6 is 0 Å². The Hall–Kier alpha value is -3.02. The molecule has 0 saturated carbocycles. The maximum atomic E-state index is 12.7. The number of carbonyl (C=O) groups is 1. The molecule has 0 saturated heterocycles. The zero-order valence-electron chi connectivity index (χ0n) is 14.6. The summed E-state index contributed by atoms with van der Waals surface area (Å²) in [7, 11) is 1.84. The van der Waals surface area contributed by atoms with Gasteiger partial charge in [-0.2, -0.15) is 0 Å². The Morgan fingerprint density at radius 1 is 1.19 bits per heavy atom.